The smallest absolute Gasteiger partial charge is 0.294 e. The van der Waals surface area contributed by atoms with Gasteiger partial charge in [0.05, 0.1) is 4.91 Å². The summed E-state index contributed by atoms with van der Waals surface area (Å²) in [6, 6.07) is 19.1. The highest BCUT2D eigenvalue weighted by Crippen LogP contribution is 2.34. The number of carbonyl (C=O) groups excluding carboxylic acids is 4. The van der Waals surface area contributed by atoms with E-state index in [-0.39, 0.29) is 17.4 Å². The second-order valence-electron chi connectivity index (χ2n) is 8.95. The zero-order valence-electron chi connectivity index (χ0n) is 21.5. The highest BCUT2D eigenvalue weighted by atomic mass is 32.2. The summed E-state index contributed by atoms with van der Waals surface area (Å²) in [6.45, 7) is 2.24. The molecule has 10 nitrogen and oxygen atoms in total. The first-order valence-electron chi connectivity index (χ1n) is 12.4. The lowest BCUT2D eigenvalue weighted by Gasteiger charge is -2.19. The zero-order chi connectivity index (χ0) is 28.1. The summed E-state index contributed by atoms with van der Waals surface area (Å²) in [5.41, 5.74) is 2.90. The number of imide groups is 1. The van der Waals surface area contributed by atoms with Crippen molar-refractivity contribution >= 4 is 52.2 Å². The number of rotatable bonds is 8. The minimum Gasteiger partial charge on any atom is -0.486 e. The van der Waals surface area contributed by atoms with E-state index >= 15 is 0 Å². The molecule has 1 fully saturated rings. The Morgan fingerprint density at radius 1 is 0.900 bits per heavy atom. The molecule has 3 aromatic rings. The Morgan fingerprint density at radius 3 is 2.33 bits per heavy atom. The topological polar surface area (TPSA) is 123 Å². The Morgan fingerprint density at radius 2 is 1.57 bits per heavy atom. The molecule has 0 atom stereocenters. The van der Waals surface area contributed by atoms with Crippen molar-refractivity contribution < 1.29 is 33.4 Å². The van der Waals surface area contributed by atoms with E-state index < -0.39 is 23.6 Å². The van der Waals surface area contributed by atoms with Crippen LogP contribution in [0.2, 0.25) is 0 Å². The highest BCUT2D eigenvalue weighted by Gasteiger charge is 2.36. The van der Waals surface area contributed by atoms with Gasteiger partial charge in [-0.3, -0.25) is 24.1 Å². The van der Waals surface area contributed by atoms with Crippen molar-refractivity contribution in [3.63, 3.8) is 0 Å². The molecular formula is C29H25N3O7S. The molecule has 0 saturated carbocycles. The number of hydrogen-bond acceptors (Lipinski definition) is 8. The molecule has 0 aliphatic carbocycles. The number of anilines is 2. The van der Waals surface area contributed by atoms with Gasteiger partial charge in [-0.05, 0) is 66.7 Å². The average molecular weight is 560 g/mol. The lowest BCUT2D eigenvalue weighted by atomic mass is 10.2. The maximum Gasteiger partial charge on any atom is 0.294 e. The third kappa shape index (κ3) is 6.62. The molecule has 1 saturated heterocycles. The molecule has 5 rings (SSSR count). The van der Waals surface area contributed by atoms with Crippen LogP contribution in [-0.2, 0) is 14.4 Å². The maximum absolute atomic E-state index is 12.8. The second kappa shape index (κ2) is 12.0. The van der Waals surface area contributed by atoms with Crippen LogP contribution in [0.5, 0.6) is 17.2 Å². The molecule has 2 N–H and O–H groups in total. The van der Waals surface area contributed by atoms with Crippen molar-refractivity contribution in [2.45, 2.75) is 6.92 Å². The van der Waals surface area contributed by atoms with Crippen LogP contribution >= 0.6 is 11.8 Å². The summed E-state index contributed by atoms with van der Waals surface area (Å²) in [7, 11) is 0. The number of thioether (sulfide) groups is 1. The number of nitrogens with zero attached hydrogens (tertiary/aromatic N) is 1. The zero-order valence-corrected chi connectivity index (χ0v) is 22.3. The number of carbonyl (C=O) groups is 4. The summed E-state index contributed by atoms with van der Waals surface area (Å²) in [5, 5.41) is 4.90. The SMILES string of the molecule is Cc1ccc(NC(=O)COc2ccc(/C=C3/SC(=O)N(CC(=O)Nc4ccc5c(c4)OCCO5)C3=O)cc2)cc1. The van der Waals surface area contributed by atoms with Crippen molar-refractivity contribution in [3.05, 3.63) is 82.8 Å². The normalized spacial score (nSPS) is 15.2. The maximum atomic E-state index is 12.8. The van der Waals surface area contributed by atoms with Gasteiger partial charge < -0.3 is 24.8 Å². The predicted molar refractivity (Wildman–Crippen MR) is 150 cm³/mol. The second-order valence-corrected chi connectivity index (χ2v) is 9.94. The van der Waals surface area contributed by atoms with Gasteiger partial charge in [-0.15, -0.1) is 0 Å². The molecule has 0 unspecified atom stereocenters. The van der Waals surface area contributed by atoms with E-state index in [0.717, 1.165) is 22.2 Å². The lowest BCUT2D eigenvalue weighted by molar-refractivity contribution is -0.127. The third-order valence-corrected chi connectivity index (χ3v) is 6.79. The van der Waals surface area contributed by atoms with Crippen LogP contribution in [0.4, 0.5) is 16.2 Å². The van der Waals surface area contributed by atoms with Crippen LogP contribution in [0.15, 0.2) is 71.6 Å². The molecule has 11 heteroatoms. The predicted octanol–water partition coefficient (Wildman–Crippen LogP) is 4.46. The highest BCUT2D eigenvalue weighted by molar-refractivity contribution is 8.18. The van der Waals surface area contributed by atoms with Crippen LogP contribution in [0.25, 0.3) is 6.08 Å². The number of amides is 4. The van der Waals surface area contributed by atoms with Crippen molar-refractivity contribution in [3.8, 4) is 17.2 Å². The molecule has 2 heterocycles. The summed E-state index contributed by atoms with van der Waals surface area (Å²) in [6.07, 6.45) is 1.57. The van der Waals surface area contributed by atoms with Crippen LogP contribution < -0.4 is 24.8 Å². The largest absolute Gasteiger partial charge is 0.486 e. The third-order valence-electron chi connectivity index (χ3n) is 5.88. The van der Waals surface area contributed by atoms with Gasteiger partial charge in [-0.25, -0.2) is 0 Å². The number of hydrogen-bond donors (Lipinski definition) is 2. The summed E-state index contributed by atoms with van der Waals surface area (Å²) in [5.74, 6) is 0.205. The van der Waals surface area contributed by atoms with Crippen LogP contribution in [0, 0.1) is 6.92 Å². The van der Waals surface area contributed by atoms with Crippen LogP contribution in [0.1, 0.15) is 11.1 Å². The average Bonchev–Trinajstić information content (AvgIpc) is 3.21. The van der Waals surface area contributed by atoms with E-state index in [4.69, 9.17) is 14.2 Å². The molecule has 2 aliphatic rings. The number of nitrogens with one attached hydrogen (secondary N) is 2. The first kappa shape index (κ1) is 26.8. The Balaban J connectivity index is 1.13. The number of ether oxygens (including phenoxy) is 3. The van der Waals surface area contributed by atoms with Crippen molar-refractivity contribution in [2.75, 3.05) is 37.0 Å². The van der Waals surface area contributed by atoms with E-state index in [1.54, 1.807) is 48.5 Å². The van der Waals surface area contributed by atoms with Crippen LogP contribution in [-0.4, -0.2) is 54.2 Å². The molecule has 0 spiro atoms. The van der Waals surface area contributed by atoms with Gasteiger partial charge in [0.2, 0.25) is 5.91 Å². The molecule has 0 radical (unpaired) electrons. The minimum absolute atomic E-state index is 0.166. The summed E-state index contributed by atoms with van der Waals surface area (Å²) >= 11 is 0.761. The van der Waals surface area contributed by atoms with Gasteiger partial charge in [-0.1, -0.05) is 29.8 Å². The fourth-order valence-corrected chi connectivity index (χ4v) is 4.73. The van der Waals surface area contributed by atoms with Gasteiger partial charge in [-0.2, -0.15) is 0 Å². The Labute approximate surface area is 234 Å². The molecule has 3 aromatic carbocycles. The van der Waals surface area contributed by atoms with Crippen LogP contribution in [0.3, 0.4) is 0 Å². The monoisotopic (exact) mass is 559 g/mol. The van der Waals surface area contributed by atoms with E-state index in [0.29, 0.717) is 47.4 Å². The van der Waals surface area contributed by atoms with Gasteiger partial charge in [0, 0.05) is 17.4 Å². The molecule has 4 amide bonds. The minimum atomic E-state index is -0.555. The van der Waals surface area contributed by atoms with E-state index in [1.807, 2.05) is 31.2 Å². The molecule has 0 aromatic heterocycles. The first-order valence-corrected chi connectivity index (χ1v) is 13.2. The van der Waals surface area contributed by atoms with Gasteiger partial charge in [0.15, 0.2) is 18.1 Å². The molecule has 0 bridgehead atoms. The quantitative estimate of drug-likeness (QED) is 0.388. The molecule has 40 heavy (non-hydrogen) atoms. The Hall–Kier alpha value is -4.77. The Bertz CT molecular complexity index is 1490. The standard InChI is InChI=1S/C29H25N3O7S/c1-18-2-6-20(7-3-18)30-27(34)17-39-22-9-4-19(5-10-22)14-25-28(35)32(29(36)40-25)16-26(33)31-21-8-11-23-24(15-21)38-13-12-37-23/h2-11,14-15H,12-13,16-17H2,1H3,(H,30,34)(H,31,33)/b25-14+. The number of fused-ring (bicyclic) bond motifs is 1. The van der Waals surface area contributed by atoms with Gasteiger partial charge >= 0.3 is 0 Å². The Kier molecular flexibility index (Phi) is 8.02. The van der Waals surface area contributed by atoms with Crippen molar-refractivity contribution in [2.24, 2.45) is 0 Å². The number of benzene rings is 3. The molecule has 204 valence electrons. The van der Waals surface area contributed by atoms with E-state index in [9.17, 15) is 19.2 Å². The number of aryl methyl sites for hydroxylation is 1. The van der Waals surface area contributed by atoms with E-state index in [1.165, 1.54) is 0 Å². The lowest BCUT2D eigenvalue weighted by Crippen LogP contribution is -2.36. The molecular weight excluding hydrogens is 534 g/mol. The van der Waals surface area contributed by atoms with Gasteiger partial charge in [0.25, 0.3) is 17.1 Å². The molecule has 2 aliphatic heterocycles. The fraction of sp³-hybridized carbons (Fsp3) is 0.172. The summed E-state index contributed by atoms with van der Waals surface area (Å²) in [4.78, 5) is 51.1. The van der Waals surface area contributed by atoms with E-state index in [2.05, 4.69) is 10.6 Å². The summed E-state index contributed by atoms with van der Waals surface area (Å²) < 4.78 is 16.5. The first-order chi connectivity index (χ1) is 19.3. The van der Waals surface area contributed by atoms with Crippen molar-refractivity contribution in [1.82, 2.24) is 4.90 Å². The van der Waals surface area contributed by atoms with Crippen molar-refractivity contribution in [1.29, 1.82) is 0 Å². The fourth-order valence-electron chi connectivity index (χ4n) is 3.90. The van der Waals surface area contributed by atoms with Gasteiger partial charge in [0.1, 0.15) is 25.5 Å².